The quantitative estimate of drug-likeness (QED) is 0.414. The number of carbonyl (C=O) groups is 3. The molecule has 1 unspecified atom stereocenters. The number of piperidine rings is 1. The summed E-state index contributed by atoms with van der Waals surface area (Å²) in [5, 5.41) is 3.48. The van der Waals surface area contributed by atoms with E-state index in [4.69, 9.17) is 4.98 Å². The van der Waals surface area contributed by atoms with Crippen LogP contribution in [-0.4, -0.2) is 50.1 Å². The van der Waals surface area contributed by atoms with Gasteiger partial charge in [0.05, 0.1) is 5.69 Å². The number of imide groups is 1. The van der Waals surface area contributed by atoms with Crippen molar-refractivity contribution in [3.8, 4) is 11.3 Å². The summed E-state index contributed by atoms with van der Waals surface area (Å²) in [7, 11) is 0. The SMILES string of the molecule is O=C1CCC(N2Cc3cc(-c4cc(CN5CCc6ccccc6C5)c5cc[nH]c5n4)ccc3C2=O)C(=O)N1. The molecule has 1 atom stereocenters. The van der Waals surface area contributed by atoms with E-state index in [-0.39, 0.29) is 18.2 Å². The molecule has 2 aromatic heterocycles. The van der Waals surface area contributed by atoms with E-state index < -0.39 is 11.9 Å². The second-order valence-corrected chi connectivity index (χ2v) is 10.4. The number of amides is 3. The lowest BCUT2D eigenvalue weighted by Crippen LogP contribution is -2.52. The second kappa shape index (κ2) is 8.92. The molecule has 1 saturated heterocycles. The fourth-order valence-electron chi connectivity index (χ4n) is 6.05. The summed E-state index contributed by atoms with van der Waals surface area (Å²) in [6.45, 7) is 3.11. The average molecular weight is 506 g/mol. The minimum Gasteiger partial charge on any atom is -0.346 e. The first kappa shape index (κ1) is 22.9. The molecule has 0 spiro atoms. The van der Waals surface area contributed by atoms with Crippen molar-refractivity contribution < 1.29 is 14.4 Å². The minimum absolute atomic E-state index is 0.167. The first-order chi connectivity index (χ1) is 18.5. The summed E-state index contributed by atoms with van der Waals surface area (Å²) in [6, 6.07) is 18.1. The number of hydrogen-bond donors (Lipinski definition) is 2. The molecule has 8 nitrogen and oxygen atoms in total. The molecular formula is C30H27N5O3. The third-order valence-corrected chi connectivity index (χ3v) is 8.04. The normalized spacial score (nSPS) is 19.5. The zero-order chi connectivity index (χ0) is 25.8. The van der Waals surface area contributed by atoms with Crippen LogP contribution >= 0.6 is 0 Å². The van der Waals surface area contributed by atoms with Crippen LogP contribution in [0.1, 0.15) is 45.5 Å². The number of rotatable bonds is 4. The van der Waals surface area contributed by atoms with Gasteiger partial charge in [0.15, 0.2) is 0 Å². The van der Waals surface area contributed by atoms with Crippen molar-refractivity contribution in [2.45, 2.75) is 44.9 Å². The van der Waals surface area contributed by atoms with Crippen LogP contribution < -0.4 is 5.32 Å². The molecule has 3 aliphatic rings. The molecule has 5 heterocycles. The predicted octanol–water partition coefficient (Wildman–Crippen LogP) is 3.55. The van der Waals surface area contributed by atoms with Gasteiger partial charge >= 0.3 is 0 Å². The molecule has 2 aromatic carbocycles. The van der Waals surface area contributed by atoms with Gasteiger partial charge in [-0.15, -0.1) is 0 Å². The summed E-state index contributed by atoms with van der Waals surface area (Å²) in [4.78, 5) is 49.3. The molecule has 4 aromatic rings. The molecule has 1 fully saturated rings. The number of aromatic amines is 1. The van der Waals surface area contributed by atoms with Gasteiger partial charge in [0, 0.05) is 55.3 Å². The highest BCUT2D eigenvalue weighted by atomic mass is 16.2. The molecule has 0 radical (unpaired) electrons. The zero-order valence-electron chi connectivity index (χ0n) is 20.9. The third-order valence-electron chi connectivity index (χ3n) is 8.04. The fraction of sp³-hybridized carbons (Fsp3) is 0.267. The third kappa shape index (κ3) is 3.88. The average Bonchev–Trinajstić information content (AvgIpc) is 3.53. The first-order valence-corrected chi connectivity index (χ1v) is 13.1. The van der Waals surface area contributed by atoms with Gasteiger partial charge in [0.25, 0.3) is 5.91 Å². The molecular weight excluding hydrogens is 478 g/mol. The topological polar surface area (TPSA) is 98.4 Å². The number of nitrogens with zero attached hydrogens (tertiary/aromatic N) is 3. The maximum absolute atomic E-state index is 13.1. The largest absolute Gasteiger partial charge is 0.346 e. The van der Waals surface area contributed by atoms with E-state index in [9.17, 15) is 14.4 Å². The highest BCUT2D eigenvalue weighted by Crippen LogP contribution is 2.32. The van der Waals surface area contributed by atoms with Gasteiger partial charge in [-0.25, -0.2) is 4.98 Å². The van der Waals surface area contributed by atoms with Crippen LogP contribution in [0.3, 0.4) is 0 Å². The molecule has 3 amide bonds. The molecule has 7 rings (SSSR count). The van der Waals surface area contributed by atoms with E-state index in [1.165, 1.54) is 16.7 Å². The van der Waals surface area contributed by atoms with E-state index in [0.29, 0.717) is 18.5 Å². The van der Waals surface area contributed by atoms with Gasteiger partial charge in [-0.3, -0.25) is 24.6 Å². The highest BCUT2D eigenvalue weighted by molar-refractivity contribution is 6.05. The molecule has 2 N–H and O–H groups in total. The molecule has 0 bridgehead atoms. The Bertz CT molecular complexity index is 1620. The lowest BCUT2D eigenvalue weighted by molar-refractivity contribution is -0.136. The summed E-state index contributed by atoms with van der Waals surface area (Å²) in [5.41, 5.74) is 8.15. The smallest absolute Gasteiger partial charge is 0.255 e. The number of H-pyrrole nitrogens is 1. The van der Waals surface area contributed by atoms with Gasteiger partial charge in [-0.2, -0.15) is 0 Å². The number of benzene rings is 2. The van der Waals surface area contributed by atoms with Crippen LogP contribution in [0, 0.1) is 0 Å². The Kier molecular flexibility index (Phi) is 5.37. The summed E-state index contributed by atoms with van der Waals surface area (Å²) in [5.74, 6) is -0.848. The van der Waals surface area contributed by atoms with E-state index in [2.05, 4.69) is 51.6 Å². The van der Waals surface area contributed by atoms with Crippen molar-refractivity contribution in [1.82, 2.24) is 25.1 Å². The molecule has 3 aliphatic heterocycles. The van der Waals surface area contributed by atoms with Crippen molar-refractivity contribution in [2.24, 2.45) is 0 Å². The van der Waals surface area contributed by atoms with E-state index in [0.717, 1.165) is 53.9 Å². The van der Waals surface area contributed by atoms with E-state index >= 15 is 0 Å². The lowest BCUT2D eigenvalue weighted by Gasteiger charge is -2.29. The van der Waals surface area contributed by atoms with Gasteiger partial charge in [-0.05, 0) is 59.4 Å². The predicted molar refractivity (Wildman–Crippen MR) is 142 cm³/mol. The molecule has 0 aliphatic carbocycles. The Hall–Kier alpha value is -4.30. The molecule has 0 saturated carbocycles. The zero-order valence-corrected chi connectivity index (χ0v) is 20.9. The van der Waals surface area contributed by atoms with Crippen molar-refractivity contribution >= 4 is 28.8 Å². The molecule has 38 heavy (non-hydrogen) atoms. The van der Waals surface area contributed by atoms with Gasteiger partial charge in [-0.1, -0.05) is 30.3 Å². The summed E-state index contributed by atoms with van der Waals surface area (Å²) < 4.78 is 0. The standard InChI is InChI=1S/C30H27N5O3/c36-27-8-7-26(29(37)33-27)35-17-21-13-19(5-6-24(21)30(35)38)25-14-22(23-9-11-31-28(23)32-25)16-34-12-10-18-3-1-2-4-20(18)15-34/h1-6,9,11,13-14,26H,7-8,10,12,15-17H2,(H,31,32)(H,33,36,37). The van der Waals surface area contributed by atoms with Crippen LogP contribution in [0.2, 0.25) is 0 Å². The maximum Gasteiger partial charge on any atom is 0.255 e. The number of hydrogen-bond acceptors (Lipinski definition) is 5. The minimum atomic E-state index is -0.620. The van der Waals surface area contributed by atoms with Crippen LogP contribution in [0.25, 0.3) is 22.3 Å². The van der Waals surface area contributed by atoms with Crippen molar-refractivity contribution in [1.29, 1.82) is 0 Å². The van der Waals surface area contributed by atoms with Gasteiger partial charge in [0.2, 0.25) is 11.8 Å². The summed E-state index contributed by atoms with van der Waals surface area (Å²) >= 11 is 0. The van der Waals surface area contributed by atoms with Crippen LogP contribution in [0.5, 0.6) is 0 Å². The number of pyridine rings is 1. The molecule has 190 valence electrons. The Labute approximate surface area is 219 Å². The van der Waals surface area contributed by atoms with E-state index in [1.807, 2.05) is 24.4 Å². The summed E-state index contributed by atoms with van der Waals surface area (Å²) in [6.07, 6.45) is 3.57. The maximum atomic E-state index is 13.1. The Morgan fingerprint density at radius 1 is 0.921 bits per heavy atom. The number of carbonyl (C=O) groups excluding carboxylic acids is 3. The molecule has 8 heteroatoms. The van der Waals surface area contributed by atoms with Crippen molar-refractivity contribution in [3.05, 3.63) is 88.6 Å². The monoisotopic (exact) mass is 505 g/mol. The Morgan fingerprint density at radius 3 is 2.66 bits per heavy atom. The highest BCUT2D eigenvalue weighted by Gasteiger charge is 2.39. The van der Waals surface area contributed by atoms with Gasteiger partial charge in [0.1, 0.15) is 11.7 Å². The number of fused-ring (bicyclic) bond motifs is 3. The van der Waals surface area contributed by atoms with Gasteiger partial charge < -0.3 is 9.88 Å². The van der Waals surface area contributed by atoms with Crippen molar-refractivity contribution in [3.63, 3.8) is 0 Å². The van der Waals surface area contributed by atoms with Crippen LogP contribution in [-0.2, 0) is 35.6 Å². The number of aromatic nitrogens is 2. The first-order valence-electron chi connectivity index (χ1n) is 13.1. The second-order valence-electron chi connectivity index (χ2n) is 10.4. The van der Waals surface area contributed by atoms with Crippen molar-refractivity contribution in [2.75, 3.05) is 6.54 Å². The fourth-order valence-corrected chi connectivity index (χ4v) is 6.05. The van der Waals surface area contributed by atoms with E-state index in [1.54, 1.807) is 4.90 Å². The number of nitrogens with one attached hydrogen (secondary N) is 2. The Morgan fingerprint density at radius 2 is 1.79 bits per heavy atom. The Balaban J connectivity index is 1.18. The van der Waals surface area contributed by atoms with Crippen LogP contribution in [0.4, 0.5) is 0 Å². The van der Waals surface area contributed by atoms with Crippen LogP contribution in [0.15, 0.2) is 60.8 Å². The lowest BCUT2D eigenvalue weighted by atomic mass is 9.98.